The van der Waals surface area contributed by atoms with Crippen LogP contribution < -0.4 is 0 Å². The number of fused-ring (bicyclic) bond motifs is 1. The number of carbonyl (C=O) groups is 1. The molecule has 2 aromatic carbocycles. The molecule has 0 aliphatic carbocycles. The van der Waals surface area contributed by atoms with E-state index in [0.717, 1.165) is 22.2 Å². The van der Waals surface area contributed by atoms with Crippen LogP contribution in [0.4, 0.5) is 0 Å². The van der Waals surface area contributed by atoms with Crippen molar-refractivity contribution in [3.63, 3.8) is 0 Å². The number of para-hydroxylation sites is 2. The van der Waals surface area contributed by atoms with Crippen molar-refractivity contribution in [1.82, 2.24) is 9.97 Å². The van der Waals surface area contributed by atoms with Gasteiger partial charge in [-0.25, -0.2) is 9.98 Å². The van der Waals surface area contributed by atoms with Crippen LogP contribution in [0.3, 0.4) is 0 Å². The molecule has 0 atom stereocenters. The first kappa shape index (κ1) is 13.5. The minimum atomic E-state index is -0.120. The third kappa shape index (κ3) is 2.23. The maximum atomic E-state index is 11.3. The summed E-state index contributed by atoms with van der Waals surface area (Å²) in [7, 11) is 0. The van der Waals surface area contributed by atoms with Gasteiger partial charge in [0.05, 0.1) is 21.8 Å². The molecule has 0 fully saturated rings. The van der Waals surface area contributed by atoms with E-state index in [0.29, 0.717) is 21.6 Å². The van der Waals surface area contributed by atoms with Crippen LogP contribution in [-0.4, -0.2) is 26.7 Å². The van der Waals surface area contributed by atoms with Crippen molar-refractivity contribution in [2.45, 2.75) is 0 Å². The van der Waals surface area contributed by atoms with Crippen LogP contribution in [0.25, 0.3) is 22.4 Å². The monoisotopic (exact) mass is 327 g/mol. The quantitative estimate of drug-likeness (QED) is 0.776. The summed E-state index contributed by atoms with van der Waals surface area (Å²) in [5.41, 5.74) is 3.43. The number of nitrogens with zero attached hydrogens (tertiary/aromatic N) is 2. The molecule has 1 aliphatic heterocycles. The molecule has 6 heteroatoms. The van der Waals surface area contributed by atoms with Crippen LogP contribution >= 0.6 is 23.4 Å². The molecule has 1 N–H and O–H groups in total. The Kier molecular flexibility index (Phi) is 3.24. The van der Waals surface area contributed by atoms with Gasteiger partial charge in [0, 0.05) is 11.1 Å². The molecule has 4 rings (SSSR count). The Bertz CT molecular complexity index is 899. The summed E-state index contributed by atoms with van der Waals surface area (Å²) >= 11 is 7.95. The van der Waals surface area contributed by atoms with Crippen LogP contribution in [-0.2, 0) is 4.79 Å². The van der Waals surface area contributed by atoms with Crippen molar-refractivity contribution in [1.29, 1.82) is 0 Å². The minimum Gasteiger partial charge on any atom is -0.338 e. The number of benzene rings is 2. The Labute approximate surface area is 135 Å². The molecule has 4 nitrogen and oxygen atoms in total. The van der Waals surface area contributed by atoms with Crippen LogP contribution in [0.2, 0.25) is 5.02 Å². The molecule has 1 aliphatic rings. The molecule has 22 heavy (non-hydrogen) atoms. The number of H-pyrrole nitrogens is 1. The van der Waals surface area contributed by atoms with E-state index in [1.54, 1.807) is 0 Å². The smallest absolute Gasteiger partial charge is 0.257 e. The van der Waals surface area contributed by atoms with Crippen LogP contribution in [0.15, 0.2) is 47.5 Å². The molecule has 1 amide bonds. The van der Waals surface area contributed by atoms with E-state index in [1.165, 1.54) is 11.8 Å². The highest BCUT2D eigenvalue weighted by molar-refractivity contribution is 8.15. The van der Waals surface area contributed by atoms with Crippen molar-refractivity contribution in [2.24, 2.45) is 4.99 Å². The number of imidazole rings is 1. The minimum absolute atomic E-state index is 0.120. The molecule has 0 unspecified atom stereocenters. The molecule has 0 spiro atoms. The number of aromatic amines is 1. The lowest BCUT2D eigenvalue weighted by molar-refractivity contribution is -0.115. The first-order valence-corrected chi connectivity index (χ1v) is 8.07. The number of nitrogens with one attached hydrogen (secondary N) is 1. The lowest BCUT2D eigenvalue weighted by atomic mass is 10.1. The lowest BCUT2D eigenvalue weighted by Gasteiger charge is -2.06. The third-order valence-corrected chi connectivity index (χ3v) is 4.82. The van der Waals surface area contributed by atoms with Gasteiger partial charge in [-0.3, -0.25) is 4.79 Å². The average Bonchev–Trinajstić information content (AvgIpc) is 3.13. The van der Waals surface area contributed by atoms with E-state index in [1.807, 2.05) is 42.5 Å². The highest BCUT2D eigenvalue weighted by Crippen LogP contribution is 2.33. The van der Waals surface area contributed by atoms with Crippen molar-refractivity contribution < 1.29 is 4.79 Å². The highest BCUT2D eigenvalue weighted by atomic mass is 35.5. The highest BCUT2D eigenvalue weighted by Gasteiger charge is 2.21. The topological polar surface area (TPSA) is 58.1 Å². The zero-order chi connectivity index (χ0) is 15.1. The number of hydrogen-bond acceptors (Lipinski definition) is 3. The summed E-state index contributed by atoms with van der Waals surface area (Å²) in [6.45, 7) is 0. The number of halogens is 1. The van der Waals surface area contributed by atoms with Gasteiger partial charge in [0.1, 0.15) is 10.9 Å². The Balaban J connectivity index is 1.85. The largest absolute Gasteiger partial charge is 0.338 e. The van der Waals surface area contributed by atoms with Crippen LogP contribution in [0, 0.1) is 0 Å². The summed E-state index contributed by atoms with van der Waals surface area (Å²) < 4.78 is 0. The van der Waals surface area contributed by atoms with Gasteiger partial charge in [-0.15, -0.1) is 0 Å². The molecular formula is C16H10ClN3OS. The fraction of sp³-hybridized carbons (Fsp3) is 0.0625. The Morgan fingerprint density at radius 1 is 1.09 bits per heavy atom. The summed E-state index contributed by atoms with van der Waals surface area (Å²) in [6, 6.07) is 13.5. The number of carbonyl (C=O) groups excluding carboxylic acids is 1. The van der Waals surface area contributed by atoms with E-state index in [4.69, 9.17) is 11.6 Å². The summed E-state index contributed by atoms with van der Waals surface area (Å²) in [4.78, 5) is 23.2. The Hall–Kier alpha value is -2.11. The van der Waals surface area contributed by atoms with Gasteiger partial charge >= 0.3 is 0 Å². The standard InChI is InChI=1S/C16H10ClN3OS/c17-14-9(15-18-11-6-1-2-7-12(11)19-15)4-3-5-10(14)16-20-13(21)8-22-16/h1-7H,8H2,(H,18,19). The van der Waals surface area contributed by atoms with Gasteiger partial charge in [-0.2, -0.15) is 0 Å². The van der Waals surface area contributed by atoms with Gasteiger partial charge in [0.2, 0.25) is 0 Å². The van der Waals surface area contributed by atoms with Crippen molar-refractivity contribution in [3.05, 3.63) is 53.1 Å². The lowest BCUT2D eigenvalue weighted by Crippen LogP contribution is -1.95. The number of rotatable bonds is 2. The molecule has 0 bridgehead atoms. The van der Waals surface area contributed by atoms with Gasteiger partial charge in [0.25, 0.3) is 5.91 Å². The number of aromatic nitrogens is 2. The van der Waals surface area contributed by atoms with E-state index in [2.05, 4.69) is 15.0 Å². The Morgan fingerprint density at radius 3 is 2.68 bits per heavy atom. The fourth-order valence-corrected chi connectivity index (χ4v) is 3.58. The third-order valence-electron chi connectivity index (χ3n) is 3.43. The fourth-order valence-electron chi connectivity index (χ4n) is 2.41. The zero-order valence-electron chi connectivity index (χ0n) is 11.3. The van der Waals surface area contributed by atoms with Crippen LogP contribution in [0.1, 0.15) is 5.56 Å². The first-order valence-electron chi connectivity index (χ1n) is 6.71. The average molecular weight is 328 g/mol. The second kappa shape index (κ2) is 5.26. The molecule has 2 heterocycles. The molecule has 108 valence electrons. The molecule has 0 saturated carbocycles. The van der Waals surface area contributed by atoms with Gasteiger partial charge < -0.3 is 4.98 Å². The van der Waals surface area contributed by atoms with Crippen molar-refractivity contribution in [2.75, 3.05) is 5.75 Å². The van der Waals surface area contributed by atoms with Gasteiger partial charge in [-0.1, -0.05) is 47.6 Å². The predicted octanol–water partition coefficient (Wildman–Crippen LogP) is 3.90. The van der Waals surface area contributed by atoms with E-state index in [9.17, 15) is 4.79 Å². The van der Waals surface area contributed by atoms with Gasteiger partial charge in [0.15, 0.2) is 0 Å². The summed E-state index contributed by atoms with van der Waals surface area (Å²) in [5.74, 6) is 0.966. The second-order valence-electron chi connectivity index (χ2n) is 4.87. The molecule has 0 radical (unpaired) electrons. The number of aliphatic imine (C=N–C) groups is 1. The maximum Gasteiger partial charge on any atom is 0.257 e. The number of hydrogen-bond donors (Lipinski definition) is 1. The molecule has 3 aromatic rings. The summed E-state index contributed by atoms with van der Waals surface area (Å²) in [5, 5.41) is 1.23. The summed E-state index contributed by atoms with van der Waals surface area (Å²) in [6.07, 6.45) is 0. The molecule has 0 saturated heterocycles. The number of amides is 1. The van der Waals surface area contributed by atoms with E-state index >= 15 is 0 Å². The molecule has 1 aromatic heterocycles. The molecular weight excluding hydrogens is 318 g/mol. The first-order chi connectivity index (χ1) is 10.7. The normalized spacial score (nSPS) is 14.6. The second-order valence-corrected chi connectivity index (χ2v) is 6.21. The van der Waals surface area contributed by atoms with E-state index in [-0.39, 0.29) is 5.91 Å². The van der Waals surface area contributed by atoms with E-state index < -0.39 is 0 Å². The van der Waals surface area contributed by atoms with Crippen LogP contribution in [0.5, 0.6) is 0 Å². The zero-order valence-corrected chi connectivity index (χ0v) is 12.9. The van der Waals surface area contributed by atoms with Crippen molar-refractivity contribution >= 4 is 45.3 Å². The predicted molar refractivity (Wildman–Crippen MR) is 90.5 cm³/mol. The number of thioether (sulfide) groups is 1. The van der Waals surface area contributed by atoms with Gasteiger partial charge in [-0.05, 0) is 18.2 Å². The Morgan fingerprint density at radius 2 is 1.91 bits per heavy atom. The maximum absolute atomic E-state index is 11.3. The van der Waals surface area contributed by atoms with Crippen molar-refractivity contribution in [3.8, 4) is 11.4 Å². The SMILES string of the molecule is O=C1CSC(c2cccc(-c3nc4ccccc4[nH]3)c2Cl)=N1.